The number of rotatable bonds is 5. The first-order valence-corrected chi connectivity index (χ1v) is 6.93. The van der Waals surface area contributed by atoms with Gasteiger partial charge in [0.25, 0.3) is 0 Å². The van der Waals surface area contributed by atoms with Gasteiger partial charge in [-0.15, -0.1) is 0 Å². The molecule has 0 amide bonds. The zero-order valence-electron chi connectivity index (χ0n) is 11.1. The molecule has 3 heteroatoms. The summed E-state index contributed by atoms with van der Waals surface area (Å²) in [5.41, 5.74) is 0. The summed E-state index contributed by atoms with van der Waals surface area (Å²) in [5, 5.41) is 10.1. The number of methoxy groups -OCH3 is 2. The Bertz CT molecular complexity index is 232. The molecule has 2 rings (SSSR count). The standard InChI is InChI=1S/C14H26O3/c1-16-8-10-4-3-5-11(10)12-6-7-14(15)13(12)9-17-2/h10-15H,3-9H2,1-2H3/t10-,11+,12+,13+,14?/m0/s1. The molecule has 0 saturated heterocycles. The van der Waals surface area contributed by atoms with Crippen LogP contribution in [0.2, 0.25) is 0 Å². The molecule has 2 aliphatic rings. The minimum atomic E-state index is -0.149. The van der Waals surface area contributed by atoms with E-state index < -0.39 is 0 Å². The third-order valence-corrected chi connectivity index (χ3v) is 4.85. The highest BCUT2D eigenvalue weighted by molar-refractivity contribution is 4.93. The Kier molecular flexibility index (Phi) is 4.83. The molecule has 3 nitrogen and oxygen atoms in total. The van der Waals surface area contributed by atoms with Crippen molar-refractivity contribution in [1.82, 2.24) is 0 Å². The lowest BCUT2D eigenvalue weighted by molar-refractivity contribution is 0.0244. The van der Waals surface area contributed by atoms with Gasteiger partial charge in [0.05, 0.1) is 12.7 Å². The van der Waals surface area contributed by atoms with E-state index in [9.17, 15) is 5.11 Å². The number of ether oxygens (including phenoxy) is 2. The van der Waals surface area contributed by atoms with E-state index in [-0.39, 0.29) is 6.10 Å². The Hall–Kier alpha value is -0.120. The highest BCUT2D eigenvalue weighted by atomic mass is 16.5. The first-order valence-electron chi connectivity index (χ1n) is 6.93. The number of aliphatic hydroxyl groups excluding tert-OH is 1. The van der Waals surface area contributed by atoms with Gasteiger partial charge in [0, 0.05) is 26.7 Å². The van der Waals surface area contributed by atoms with Crippen molar-refractivity contribution >= 4 is 0 Å². The van der Waals surface area contributed by atoms with Crippen molar-refractivity contribution < 1.29 is 14.6 Å². The van der Waals surface area contributed by atoms with Crippen molar-refractivity contribution in [3.63, 3.8) is 0 Å². The topological polar surface area (TPSA) is 38.7 Å². The molecule has 2 fully saturated rings. The van der Waals surface area contributed by atoms with Crippen molar-refractivity contribution in [3.8, 4) is 0 Å². The molecule has 2 saturated carbocycles. The number of hydrogen-bond acceptors (Lipinski definition) is 3. The lowest BCUT2D eigenvalue weighted by Gasteiger charge is -2.30. The molecule has 0 heterocycles. The van der Waals surface area contributed by atoms with Crippen molar-refractivity contribution in [2.24, 2.45) is 23.7 Å². The molecule has 0 bridgehead atoms. The summed E-state index contributed by atoms with van der Waals surface area (Å²) < 4.78 is 10.6. The second kappa shape index (κ2) is 6.17. The molecule has 5 atom stereocenters. The highest BCUT2D eigenvalue weighted by Gasteiger charge is 2.43. The number of hydrogen-bond donors (Lipinski definition) is 1. The highest BCUT2D eigenvalue weighted by Crippen LogP contribution is 2.46. The second-order valence-corrected chi connectivity index (χ2v) is 5.74. The Balaban J connectivity index is 1.99. The zero-order chi connectivity index (χ0) is 12.3. The average molecular weight is 242 g/mol. The van der Waals surface area contributed by atoms with Gasteiger partial charge >= 0.3 is 0 Å². The SMILES string of the molecule is COC[C@@H]1CCC[C@H]1[C@H]1CCC(O)[C@@H]1COC. The van der Waals surface area contributed by atoms with Gasteiger partial charge < -0.3 is 14.6 Å². The zero-order valence-corrected chi connectivity index (χ0v) is 11.1. The van der Waals surface area contributed by atoms with Gasteiger partial charge in [0.1, 0.15) is 0 Å². The van der Waals surface area contributed by atoms with Gasteiger partial charge in [0.2, 0.25) is 0 Å². The van der Waals surface area contributed by atoms with Gasteiger partial charge in [-0.05, 0) is 43.4 Å². The van der Waals surface area contributed by atoms with Gasteiger partial charge in [-0.2, -0.15) is 0 Å². The van der Waals surface area contributed by atoms with Crippen LogP contribution >= 0.6 is 0 Å². The van der Waals surface area contributed by atoms with Crippen LogP contribution < -0.4 is 0 Å². The van der Waals surface area contributed by atoms with E-state index in [1.54, 1.807) is 14.2 Å². The fraction of sp³-hybridized carbons (Fsp3) is 1.00. The third-order valence-electron chi connectivity index (χ3n) is 4.85. The van der Waals surface area contributed by atoms with E-state index in [2.05, 4.69) is 0 Å². The lowest BCUT2D eigenvalue weighted by atomic mass is 9.78. The first kappa shape index (κ1) is 13.3. The monoisotopic (exact) mass is 242 g/mol. The molecule has 0 aromatic carbocycles. The van der Waals surface area contributed by atoms with Crippen LogP contribution in [0.5, 0.6) is 0 Å². The van der Waals surface area contributed by atoms with E-state index in [1.165, 1.54) is 25.7 Å². The van der Waals surface area contributed by atoms with E-state index in [0.717, 1.165) is 18.9 Å². The molecule has 1 unspecified atom stereocenters. The summed E-state index contributed by atoms with van der Waals surface area (Å²) in [6, 6.07) is 0. The van der Waals surface area contributed by atoms with Crippen LogP contribution in [0.4, 0.5) is 0 Å². The molecule has 2 aliphatic carbocycles. The van der Waals surface area contributed by atoms with Crippen LogP contribution in [0.15, 0.2) is 0 Å². The van der Waals surface area contributed by atoms with E-state index >= 15 is 0 Å². The molecule has 17 heavy (non-hydrogen) atoms. The van der Waals surface area contributed by atoms with Crippen LogP contribution in [0.25, 0.3) is 0 Å². The maximum absolute atomic E-state index is 10.1. The Morgan fingerprint density at radius 1 is 0.941 bits per heavy atom. The smallest absolute Gasteiger partial charge is 0.0593 e. The van der Waals surface area contributed by atoms with Crippen LogP contribution in [0.3, 0.4) is 0 Å². The predicted molar refractivity (Wildman–Crippen MR) is 66.8 cm³/mol. The quantitative estimate of drug-likeness (QED) is 0.802. The second-order valence-electron chi connectivity index (χ2n) is 5.74. The summed E-state index contributed by atoms with van der Waals surface area (Å²) in [6.07, 6.45) is 5.90. The maximum Gasteiger partial charge on any atom is 0.0593 e. The van der Waals surface area contributed by atoms with Gasteiger partial charge in [0.15, 0.2) is 0 Å². The van der Waals surface area contributed by atoms with E-state index in [1.807, 2.05) is 0 Å². The predicted octanol–water partition coefficient (Wildman–Crippen LogP) is 2.08. The molecule has 0 aliphatic heterocycles. The molecule has 1 N–H and O–H groups in total. The van der Waals surface area contributed by atoms with Crippen LogP contribution in [0.1, 0.15) is 32.1 Å². The normalized spacial score (nSPS) is 42.2. The van der Waals surface area contributed by atoms with Crippen LogP contribution in [-0.2, 0) is 9.47 Å². The first-order chi connectivity index (χ1) is 8.27. The average Bonchev–Trinajstić information content (AvgIpc) is 2.89. The Morgan fingerprint density at radius 2 is 1.71 bits per heavy atom. The van der Waals surface area contributed by atoms with Crippen LogP contribution in [0, 0.1) is 23.7 Å². The minimum Gasteiger partial charge on any atom is -0.393 e. The maximum atomic E-state index is 10.1. The van der Waals surface area contributed by atoms with Gasteiger partial charge in [-0.3, -0.25) is 0 Å². The molecule has 0 radical (unpaired) electrons. The lowest BCUT2D eigenvalue weighted by Crippen LogP contribution is -2.31. The summed E-state index contributed by atoms with van der Waals surface area (Å²) in [6.45, 7) is 1.60. The van der Waals surface area contributed by atoms with Crippen molar-refractivity contribution in [2.75, 3.05) is 27.4 Å². The summed E-state index contributed by atoms with van der Waals surface area (Å²) in [4.78, 5) is 0. The van der Waals surface area contributed by atoms with Crippen molar-refractivity contribution in [1.29, 1.82) is 0 Å². The fourth-order valence-electron chi connectivity index (χ4n) is 4.09. The van der Waals surface area contributed by atoms with E-state index in [4.69, 9.17) is 9.47 Å². The van der Waals surface area contributed by atoms with Gasteiger partial charge in [-0.25, -0.2) is 0 Å². The molecule has 0 aromatic heterocycles. The molecule has 100 valence electrons. The minimum absolute atomic E-state index is 0.149. The molecular weight excluding hydrogens is 216 g/mol. The largest absolute Gasteiger partial charge is 0.393 e. The number of aliphatic hydroxyl groups is 1. The Morgan fingerprint density at radius 3 is 2.41 bits per heavy atom. The Labute approximate surface area is 104 Å². The summed E-state index contributed by atoms with van der Waals surface area (Å²) in [7, 11) is 3.54. The molecule has 0 aromatic rings. The van der Waals surface area contributed by atoms with Gasteiger partial charge in [-0.1, -0.05) is 6.42 Å². The molecule has 0 spiro atoms. The van der Waals surface area contributed by atoms with Crippen molar-refractivity contribution in [3.05, 3.63) is 0 Å². The summed E-state index contributed by atoms with van der Waals surface area (Å²) >= 11 is 0. The molecular formula is C14H26O3. The fourth-order valence-corrected chi connectivity index (χ4v) is 4.09. The summed E-state index contributed by atoms with van der Waals surface area (Å²) in [5.74, 6) is 2.44. The van der Waals surface area contributed by atoms with E-state index in [0.29, 0.717) is 24.4 Å². The van der Waals surface area contributed by atoms with Crippen LogP contribution in [-0.4, -0.2) is 38.6 Å². The van der Waals surface area contributed by atoms with Crippen molar-refractivity contribution in [2.45, 2.75) is 38.2 Å². The third kappa shape index (κ3) is 2.83.